The molecule has 2 aliphatic rings. The fourth-order valence-electron chi connectivity index (χ4n) is 4.20. The molecular weight excluding hydrogens is 324 g/mol. The molecule has 0 unspecified atom stereocenters. The van der Waals surface area contributed by atoms with E-state index in [2.05, 4.69) is 54.4 Å². The van der Waals surface area contributed by atoms with Crippen molar-refractivity contribution in [2.75, 3.05) is 18.1 Å². The van der Waals surface area contributed by atoms with Crippen LogP contribution in [0.5, 0.6) is 5.75 Å². The average Bonchev–Trinajstić information content (AvgIpc) is 3.06. The van der Waals surface area contributed by atoms with Crippen LogP contribution in [0.15, 0.2) is 54.6 Å². The number of rotatable bonds is 4. The van der Waals surface area contributed by atoms with Crippen LogP contribution in [0.4, 0.5) is 5.69 Å². The first kappa shape index (κ1) is 16.7. The Morgan fingerprint density at radius 2 is 1.88 bits per heavy atom. The zero-order valence-corrected chi connectivity index (χ0v) is 15.5. The molecule has 2 aromatic rings. The number of anilines is 1. The smallest absolute Gasteiger partial charge is 0.241 e. The van der Waals surface area contributed by atoms with Gasteiger partial charge in [0, 0.05) is 11.1 Å². The summed E-state index contributed by atoms with van der Waals surface area (Å²) >= 11 is 0. The van der Waals surface area contributed by atoms with E-state index in [1.54, 1.807) is 0 Å². The quantitative estimate of drug-likeness (QED) is 0.915. The third-order valence-corrected chi connectivity index (χ3v) is 5.59. The predicted molar refractivity (Wildman–Crippen MR) is 104 cm³/mol. The third kappa shape index (κ3) is 2.32. The zero-order valence-electron chi connectivity index (χ0n) is 15.5. The van der Waals surface area contributed by atoms with E-state index in [4.69, 9.17) is 4.74 Å². The minimum absolute atomic E-state index is 0.0592. The highest BCUT2D eigenvalue weighted by Crippen LogP contribution is 2.52. The van der Waals surface area contributed by atoms with Crippen LogP contribution in [0.3, 0.4) is 0 Å². The number of carbonyl (C=O) groups is 1. The van der Waals surface area contributed by atoms with Gasteiger partial charge >= 0.3 is 0 Å². The van der Waals surface area contributed by atoms with E-state index in [0.717, 1.165) is 17.0 Å². The number of hydrogen-bond acceptors (Lipinski definition) is 3. The first-order chi connectivity index (χ1) is 12.5. The van der Waals surface area contributed by atoms with Crippen molar-refractivity contribution in [3.8, 4) is 5.75 Å². The standard InChI is InChI=1S/C22H24N2O2/c1-4-26-17-11-9-16(10-12-17)13-14-22-21(2,3)18-7-5-6-8-19(18)24(22)15-20(25)23-22/h5-14H,4,15H2,1-3H3,(H,23,25)/b14-13+/t22-/m0/s1. The molecule has 1 amide bonds. The van der Waals surface area contributed by atoms with Crippen molar-refractivity contribution in [1.29, 1.82) is 0 Å². The Labute approximate surface area is 154 Å². The monoisotopic (exact) mass is 348 g/mol. The van der Waals surface area contributed by atoms with Gasteiger partial charge in [-0.05, 0) is 42.3 Å². The van der Waals surface area contributed by atoms with Gasteiger partial charge in [-0.25, -0.2) is 0 Å². The molecule has 2 aliphatic heterocycles. The molecule has 1 fully saturated rings. The minimum atomic E-state index is -0.549. The molecule has 0 spiro atoms. The first-order valence-corrected chi connectivity index (χ1v) is 9.08. The van der Waals surface area contributed by atoms with E-state index in [1.165, 1.54) is 5.56 Å². The number of carbonyl (C=O) groups excluding carboxylic acids is 1. The van der Waals surface area contributed by atoms with Gasteiger partial charge in [0.05, 0.1) is 13.2 Å². The molecule has 0 aliphatic carbocycles. The lowest BCUT2D eigenvalue weighted by Crippen LogP contribution is -2.58. The predicted octanol–water partition coefficient (Wildman–Crippen LogP) is 3.72. The normalized spacial score (nSPS) is 23.0. The maximum Gasteiger partial charge on any atom is 0.241 e. The second-order valence-electron chi connectivity index (χ2n) is 7.38. The SMILES string of the molecule is CCOc1ccc(/C=C/[C@]23NC(=O)CN2c2ccccc2C3(C)C)cc1. The Bertz CT molecular complexity index is 870. The van der Waals surface area contributed by atoms with Gasteiger partial charge in [0.15, 0.2) is 0 Å². The molecule has 4 rings (SSSR count). The highest BCUT2D eigenvalue weighted by Gasteiger charge is 2.59. The highest BCUT2D eigenvalue weighted by atomic mass is 16.5. The van der Waals surface area contributed by atoms with Crippen LogP contribution in [-0.4, -0.2) is 24.7 Å². The van der Waals surface area contributed by atoms with E-state index in [-0.39, 0.29) is 11.3 Å². The van der Waals surface area contributed by atoms with Gasteiger partial charge in [0.25, 0.3) is 0 Å². The van der Waals surface area contributed by atoms with Crippen LogP contribution in [0.25, 0.3) is 6.08 Å². The van der Waals surface area contributed by atoms with Gasteiger partial charge in [-0.15, -0.1) is 0 Å². The third-order valence-electron chi connectivity index (χ3n) is 5.59. The molecule has 2 aromatic carbocycles. The molecule has 0 bridgehead atoms. The number of ether oxygens (including phenoxy) is 1. The van der Waals surface area contributed by atoms with Gasteiger partial charge in [-0.2, -0.15) is 0 Å². The second-order valence-corrected chi connectivity index (χ2v) is 7.38. The summed E-state index contributed by atoms with van der Waals surface area (Å²) < 4.78 is 5.51. The van der Waals surface area contributed by atoms with Crippen LogP contribution >= 0.6 is 0 Å². The Morgan fingerprint density at radius 1 is 1.15 bits per heavy atom. The van der Waals surface area contributed by atoms with Gasteiger partial charge in [-0.1, -0.05) is 50.3 Å². The fraction of sp³-hybridized carbons (Fsp3) is 0.318. The van der Waals surface area contributed by atoms with Gasteiger partial charge in [0.1, 0.15) is 11.4 Å². The number of nitrogens with one attached hydrogen (secondary N) is 1. The van der Waals surface area contributed by atoms with Crippen LogP contribution < -0.4 is 15.0 Å². The molecule has 0 saturated carbocycles. The molecule has 26 heavy (non-hydrogen) atoms. The van der Waals surface area contributed by atoms with Gasteiger partial charge < -0.3 is 15.0 Å². The molecule has 1 atom stereocenters. The van der Waals surface area contributed by atoms with Crippen molar-refractivity contribution in [1.82, 2.24) is 5.32 Å². The van der Waals surface area contributed by atoms with E-state index in [9.17, 15) is 4.79 Å². The number of para-hydroxylation sites is 1. The molecule has 1 N–H and O–H groups in total. The van der Waals surface area contributed by atoms with Gasteiger partial charge in [-0.3, -0.25) is 4.79 Å². The zero-order chi connectivity index (χ0) is 18.4. The van der Waals surface area contributed by atoms with E-state index >= 15 is 0 Å². The molecule has 134 valence electrons. The summed E-state index contributed by atoms with van der Waals surface area (Å²) in [6, 6.07) is 16.4. The lowest BCUT2D eigenvalue weighted by Gasteiger charge is -2.40. The van der Waals surface area contributed by atoms with Crippen molar-refractivity contribution in [2.45, 2.75) is 31.8 Å². The van der Waals surface area contributed by atoms with Crippen molar-refractivity contribution < 1.29 is 9.53 Å². The first-order valence-electron chi connectivity index (χ1n) is 9.08. The Balaban J connectivity index is 1.73. The molecule has 2 heterocycles. The lowest BCUT2D eigenvalue weighted by molar-refractivity contribution is -0.118. The molecule has 4 heteroatoms. The molecule has 1 saturated heterocycles. The second kappa shape index (κ2) is 5.90. The van der Waals surface area contributed by atoms with Crippen molar-refractivity contribution in [2.24, 2.45) is 0 Å². The summed E-state index contributed by atoms with van der Waals surface area (Å²) in [6.07, 6.45) is 4.22. The maximum atomic E-state index is 12.3. The highest BCUT2D eigenvalue weighted by molar-refractivity contribution is 5.91. The summed E-state index contributed by atoms with van der Waals surface area (Å²) in [5.74, 6) is 0.927. The largest absolute Gasteiger partial charge is 0.494 e. The lowest BCUT2D eigenvalue weighted by atomic mass is 9.75. The van der Waals surface area contributed by atoms with Gasteiger partial charge in [0.2, 0.25) is 5.91 Å². The Morgan fingerprint density at radius 3 is 2.62 bits per heavy atom. The summed E-state index contributed by atoms with van der Waals surface area (Å²) in [7, 11) is 0. The number of fused-ring (bicyclic) bond motifs is 3. The number of hydrogen-bond donors (Lipinski definition) is 1. The minimum Gasteiger partial charge on any atom is -0.494 e. The van der Waals surface area contributed by atoms with Crippen molar-refractivity contribution in [3.63, 3.8) is 0 Å². The van der Waals surface area contributed by atoms with E-state index in [1.807, 2.05) is 37.3 Å². The molecule has 0 radical (unpaired) electrons. The summed E-state index contributed by atoms with van der Waals surface area (Å²) in [5.41, 5.74) is 2.68. The maximum absolute atomic E-state index is 12.3. The van der Waals surface area contributed by atoms with Crippen LogP contribution in [0.1, 0.15) is 31.9 Å². The van der Waals surface area contributed by atoms with Crippen molar-refractivity contribution in [3.05, 3.63) is 65.7 Å². The topological polar surface area (TPSA) is 41.6 Å². The molecule has 0 aromatic heterocycles. The summed E-state index contributed by atoms with van der Waals surface area (Å²) in [4.78, 5) is 14.5. The Kier molecular flexibility index (Phi) is 3.79. The van der Waals surface area contributed by atoms with Crippen LogP contribution in [-0.2, 0) is 10.2 Å². The number of benzene rings is 2. The van der Waals surface area contributed by atoms with Crippen LogP contribution in [0, 0.1) is 0 Å². The fourth-order valence-corrected chi connectivity index (χ4v) is 4.20. The number of nitrogens with zero attached hydrogens (tertiary/aromatic N) is 1. The number of amides is 1. The molecule has 4 nitrogen and oxygen atoms in total. The summed E-state index contributed by atoms with van der Waals surface area (Å²) in [6.45, 7) is 7.41. The van der Waals surface area contributed by atoms with Crippen molar-refractivity contribution >= 4 is 17.7 Å². The van der Waals surface area contributed by atoms with E-state index < -0.39 is 5.66 Å². The van der Waals surface area contributed by atoms with E-state index in [0.29, 0.717) is 13.2 Å². The molecular formula is C22H24N2O2. The summed E-state index contributed by atoms with van der Waals surface area (Å²) in [5, 5.41) is 3.24. The Hall–Kier alpha value is -2.75. The van der Waals surface area contributed by atoms with Crippen LogP contribution in [0.2, 0.25) is 0 Å². The average molecular weight is 348 g/mol.